The molecular weight excluding hydrogens is 200 g/mol. The topological polar surface area (TPSA) is 30.2 Å². The minimum Gasteiger partial charge on any atom is -0.464 e. The van der Waals surface area contributed by atoms with Crippen molar-refractivity contribution in [2.24, 2.45) is 0 Å². The molecule has 0 fully saturated rings. The third-order valence-electron chi connectivity index (χ3n) is 1.84. The first-order chi connectivity index (χ1) is 6.77. The Morgan fingerprint density at radius 1 is 1.14 bits per heavy atom. The molecule has 2 aromatic rings. The van der Waals surface area contributed by atoms with E-state index in [2.05, 4.69) is 0 Å². The summed E-state index contributed by atoms with van der Waals surface area (Å²) in [6.45, 7) is 0. The molecular formula is C11H7ClO2. The number of hydrogen-bond donors (Lipinski definition) is 0. The average molecular weight is 207 g/mol. The van der Waals surface area contributed by atoms with E-state index in [0.29, 0.717) is 10.8 Å². The smallest absolute Gasteiger partial charge is 0.185 e. The van der Waals surface area contributed by atoms with Gasteiger partial charge in [-0.15, -0.1) is 0 Å². The molecule has 0 radical (unpaired) electrons. The van der Waals surface area contributed by atoms with E-state index < -0.39 is 0 Å². The normalized spacial score (nSPS) is 10.1. The number of rotatable bonds is 1. The molecule has 1 heterocycles. The van der Waals surface area contributed by atoms with Crippen LogP contribution in [0.4, 0.5) is 0 Å². The van der Waals surface area contributed by atoms with Crippen molar-refractivity contribution in [3.8, 4) is 11.3 Å². The maximum atomic E-state index is 11.1. The van der Waals surface area contributed by atoms with Gasteiger partial charge in [0, 0.05) is 17.7 Å². The highest BCUT2D eigenvalue weighted by atomic mass is 35.5. The van der Waals surface area contributed by atoms with Crippen LogP contribution in [-0.2, 0) is 0 Å². The van der Waals surface area contributed by atoms with E-state index in [1.54, 1.807) is 12.1 Å². The monoisotopic (exact) mass is 206 g/mol. The molecule has 70 valence electrons. The molecule has 2 nitrogen and oxygen atoms in total. The van der Waals surface area contributed by atoms with Gasteiger partial charge in [0.05, 0.1) is 11.3 Å². The van der Waals surface area contributed by atoms with Gasteiger partial charge in [0.1, 0.15) is 5.76 Å². The molecule has 0 atom stereocenters. The summed E-state index contributed by atoms with van der Waals surface area (Å²) in [6, 6.07) is 10.0. The molecule has 0 spiro atoms. The Bertz CT molecular complexity index is 502. The lowest BCUT2D eigenvalue weighted by molar-refractivity contribution is 0.564. The molecule has 0 N–H and O–H groups in total. The molecule has 0 saturated heterocycles. The summed E-state index contributed by atoms with van der Waals surface area (Å²) in [4.78, 5) is 11.1. The highest BCUT2D eigenvalue weighted by Crippen LogP contribution is 2.25. The molecule has 1 aromatic heterocycles. The Morgan fingerprint density at radius 3 is 2.64 bits per heavy atom. The highest BCUT2D eigenvalue weighted by Gasteiger charge is 2.04. The first-order valence-corrected chi connectivity index (χ1v) is 4.49. The van der Waals surface area contributed by atoms with E-state index in [-0.39, 0.29) is 5.43 Å². The standard InChI is InChI=1S/C11H7ClO2/c12-10-4-2-1-3-9(10)11-7-8(13)5-6-14-11/h1-7H. The SMILES string of the molecule is O=c1ccoc(-c2ccccc2Cl)c1. The molecule has 0 saturated carbocycles. The highest BCUT2D eigenvalue weighted by molar-refractivity contribution is 6.33. The number of hydrogen-bond acceptors (Lipinski definition) is 2. The zero-order valence-corrected chi connectivity index (χ0v) is 7.99. The van der Waals surface area contributed by atoms with Gasteiger partial charge in [-0.1, -0.05) is 23.7 Å². The van der Waals surface area contributed by atoms with E-state index >= 15 is 0 Å². The molecule has 3 heteroatoms. The van der Waals surface area contributed by atoms with Crippen molar-refractivity contribution < 1.29 is 4.42 Å². The van der Waals surface area contributed by atoms with E-state index in [0.717, 1.165) is 5.56 Å². The Labute approximate surface area is 85.8 Å². The minimum atomic E-state index is -0.0915. The van der Waals surface area contributed by atoms with Crippen LogP contribution in [0.5, 0.6) is 0 Å². The van der Waals surface area contributed by atoms with Crippen molar-refractivity contribution >= 4 is 11.6 Å². The Hall–Kier alpha value is -1.54. The van der Waals surface area contributed by atoms with Gasteiger partial charge in [-0.25, -0.2) is 0 Å². The number of benzene rings is 1. The molecule has 0 aliphatic heterocycles. The summed E-state index contributed by atoms with van der Waals surface area (Å²) >= 11 is 5.95. The first kappa shape index (κ1) is 9.03. The van der Waals surface area contributed by atoms with Crippen LogP contribution >= 0.6 is 11.6 Å². The van der Waals surface area contributed by atoms with Crippen LogP contribution < -0.4 is 5.43 Å². The predicted octanol–water partition coefficient (Wildman–Crippen LogP) is 2.96. The van der Waals surface area contributed by atoms with Crippen LogP contribution in [0.25, 0.3) is 11.3 Å². The molecule has 1 aromatic carbocycles. The van der Waals surface area contributed by atoms with Gasteiger partial charge in [-0.3, -0.25) is 4.79 Å². The van der Waals surface area contributed by atoms with Crippen LogP contribution in [0.2, 0.25) is 5.02 Å². The summed E-state index contributed by atoms with van der Waals surface area (Å²) in [6.07, 6.45) is 1.36. The second kappa shape index (κ2) is 3.68. The van der Waals surface area contributed by atoms with Gasteiger partial charge in [0.2, 0.25) is 0 Å². The van der Waals surface area contributed by atoms with Crippen LogP contribution in [0, 0.1) is 0 Å². The molecule has 0 amide bonds. The largest absolute Gasteiger partial charge is 0.464 e. The molecule has 14 heavy (non-hydrogen) atoms. The maximum absolute atomic E-state index is 11.1. The summed E-state index contributed by atoms with van der Waals surface area (Å²) in [7, 11) is 0. The Balaban J connectivity index is 2.61. The lowest BCUT2D eigenvalue weighted by atomic mass is 10.1. The fourth-order valence-electron chi connectivity index (χ4n) is 1.19. The number of halogens is 1. The Kier molecular flexibility index (Phi) is 2.37. The minimum absolute atomic E-state index is 0.0915. The second-order valence-electron chi connectivity index (χ2n) is 2.81. The third-order valence-corrected chi connectivity index (χ3v) is 2.17. The zero-order valence-electron chi connectivity index (χ0n) is 7.24. The summed E-state index contributed by atoms with van der Waals surface area (Å²) in [5, 5.41) is 0.571. The molecule has 0 unspecified atom stereocenters. The van der Waals surface area contributed by atoms with Crippen molar-refractivity contribution in [1.82, 2.24) is 0 Å². The van der Waals surface area contributed by atoms with Crippen LogP contribution in [0.3, 0.4) is 0 Å². The molecule has 0 bridgehead atoms. The van der Waals surface area contributed by atoms with Crippen LogP contribution in [0.15, 0.2) is 51.9 Å². The predicted molar refractivity (Wildman–Crippen MR) is 55.4 cm³/mol. The second-order valence-corrected chi connectivity index (χ2v) is 3.22. The quantitative estimate of drug-likeness (QED) is 0.718. The molecule has 0 aliphatic carbocycles. The lowest BCUT2D eigenvalue weighted by Crippen LogP contribution is -1.95. The average Bonchev–Trinajstić information content (AvgIpc) is 2.18. The van der Waals surface area contributed by atoms with Crippen LogP contribution in [0.1, 0.15) is 0 Å². The fourth-order valence-corrected chi connectivity index (χ4v) is 1.42. The van der Waals surface area contributed by atoms with Crippen LogP contribution in [-0.4, -0.2) is 0 Å². The van der Waals surface area contributed by atoms with Crippen molar-refractivity contribution in [2.75, 3.05) is 0 Å². The van der Waals surface area contributed by atoms with E-state index in [4.69, 9.17) is 16.0 Å². The van der Waals surface area contributed by atoms with Crippen molar-refractivity contribution in [2.45, 2.75) is 0 Å². The lowest BCUT2D eigenvalue weighted by Gasteiger charge is -2.00. The van der Waals surface area contributed by atoms with Gasteiger partial charge >= 0.3 is 0 Å². The van der Waals surface area contributed by atoms with Gasteiger partial charge in [-0.2, -0.15) is 0 Å². The fraction of sp³-hybridized carbons (Fsp3) is 0. The van der Waals surface area contributed by atoms with Gasteiger partial charge in [0.15, 0.2) is 5.43 Å². The van der Waals surface area contributed by atoms with E-state index in [1.807, 2.05) is 12.1 Å². The van der Waals surface area contributed by atoms with Crippen molar-refractivity contribution in [3.05, 3.63) is 57.9 Å². The van der Waals surface area contributed by atoms with Gasteiger partial charge in [-0.05, 0) is 12.1 Å². The summed E-state index contributed by atoms with van der Waals surface area (Å²) in [5.74, 6) is 0.489. The molecule has 2 rings (SSSR count). The maximum Gasteiger partial charge on any atom is 0.185 e. The molecule has 0 aliphatic rings. The Morgan fingerprint density at radius 2 is 1.93 bits per heavy atom. The van der Waals surface area contributed by atoms with Crippen molar-refractivity contribution in [1.29, 1.82) is 0 Å². The third kappa shape index (κ3) is 1.70. The van der Waals surface area contributed by atoms with E-state index in [9.17, 15) is 4.79 Å². The van der Waals surface area contributed by atoms with Crippen molar-refractivity contribution in [3.63, 3.8) is 0 Å². The first-order valence-electron chi connectivity index (χ1n) is 4.11. The van der Waals surface area contributed by atoms with Gasteiger partial charge in [0.25, 0.3) is 0 Å². The summed E-state index contributed by atoms with van der Waals surface area (Å²) in [5.41, 5.74) is 0.637. The van der Waals surface area contributed by atoms with E-state index in [1.165, 1.54) is 18.4 Å². The zero-order chi connectivity index (χ0) is 9.97. The summed E-state index contributed by atoms with van der Waals surface area (Å²) < 4.78 is 5.19. The van der Waals surface area contributed by atoms with Gasteiger partial charge < -0.3 is 4.42 Å².